The van der Waals surface area contributed by atoms with Crippen molar-refractivity contribution in [1.29, 1.82) is 0 Å². The van der Waals surface area contributed by atoms with Crippen molar-refractivity contribution >= 4 is 5.91 Å². The Hall–Kier alpha value is -2.21. The molecule has 0 fully saturated rings. The molecule has 2 N–H and O–H groups in total. The van der Waals surface area contributed by atoms with Gasteiger partial charge in [0, 0.05) is 24.1 Å². The zero-order valence-electron chi connectivity index (χ0n) is 12.6. The third kappa shape index (κ3) is 2.62. The summed E-state index contributed by atoms with van der Waals surface area (Å²) in [6.07, 6.45) is 0.583. The summed E-state index contributed by atoms with van der Waals surface area (Å²) in [6.45, 7) is 4.30. The molecule has 0 radical (unpaired) electrons. The van der Waals surface area contributed by atoms with Crippen molar-refractivity contribution in [2.45, 2.75) is 32.4 Å². The van der Waals surface area contributed by atoms with Crippen LogP contribution in [0.3, 0.4) is 0 Å². The summed E-state index contributed by atoms with van der Waals surface area (Å²) in [5, 5.41) is 4.05. The summed E-state index contributed by atoms with van der Waals surface area (Å²) in [4.78, 5) is 14.0. The predicted molar refractivity (Wildman–Crippen MR) is 79.3 cm³/mol. The molecule has 0 saturated heterocycles. The first-order valence-corrected chi connectivity index (χ1v) is 7.18. The first kappa shape index (κ1) is 14.7. The quantitative estimate of drug-likeness (QED) is 0.922. The molecule has 0 spiro atoms. The highest BCUT2D eigenvalue weighted by atomic mass is 19.1. The van der Waals surface area contributed by atoms with E-state index in [9.17, 15) is 9.18 Å². The Balaban J connectivity index is 1.94. The third-order valence-corrected chi connectivity index (χ3v) is 3.76. The maximum absolute atomic E-state index is 13.4. The topological polar surface area (TPSA) is 72.4 Å². The molecule has 6 heteroatoms. The van der Waals surface area contributed by atoms with Gasteiger partial charge in [0.25, 0.3) is 0 Å². The van der Waals surface area contributed by atoms with Crippen LogP contribution >= 0.6 is 0 Å². The van der Waals surface area contributed by atoms with Crippen LogP contribution in [-0.4, -0.2) is 28.0 Å². The van der Waals surface area contributed by atoms with E-state index in [1.165, 1.54) is 12.1 Å². The second-order valence-electron chi connectivity index (χ2n) is 6.14. The molecule has 0 bridgehead atoms. The first-order chi connectivity index (χ1) is 10.4. The Morgan fingerprint density at radius 1 is 1.45 bits per heavy atom. The lowest BCUT2D eigenvalue weighted by Crippen LogP contribution is -2.52. The van der Waals surface area contributed by atoms with Gasteiger partial charge in [0.2, 0.25) is 5.91 Å². The Kier molecular flexibility index (Phi) is 3.48. The number of nitrogens with zero attached hydrogens (tertiary/aromatic N) is 2. The molecular weight excluding hydrogens is 285 g/mol. The molecule has 1 aliphatic rings. The molecule has 1 aliphatic heterocycles. The number of halogens is 1. The summed E-state index contributed by atoms with van der Waals surface area (Å²) in [5.41, 5.74) is 7.03. The molecule has 116 valence electrons. The minimum absolute atomic E-state index is 0.121. The minimum atomic E-state index is -0.923. The normalized spacial score (nSPS) is 14.8. The Labute approximate surface area is 127 Å². The van der Waals surface area contributed by atoms with Crippen LogP contribution in [0.4, 0.5) is 4.39 Å². The number of carbonyl (C=O) groups is 1. The zero-order valence-corrected chi connectivity index (χ0v) is 12.6. The summed E-state index contributed by atoms with van der Waals surface area (Å²) in [5.74, 6) is 0.295. The van der Waals surface area contributed by atoms with Crippen molar-refractivity contribution in [1.82, 2.24) is 10.1 Å². The largest absolute Gasteiger partial charge is 0.360 e. The second-order valence-corrected chi connectivity index (χ2v) is 6.14. The van der Waals surface area contributed by atoms with Crippen molar-refractivity contribution in [2.24, 2.45) is 5.73 Å². The molecule has 0 atom stereocenters. The smallest absolute Gasteiger partial charge is 0.242 e. The molecule has 3 rings (SSSR count). The molecule has 22 heavy (non-hydrogen) atoms. The van der Waals surface area contributed by atoms with E-state index in [2.05, 4.69) is 5.16 Å². The fourth-order valence-electron chi connectivity index (χ4n) is 2.65. The zero-order chi connectivity index (χ0) is 15.9. The van der Waals surface area contributed by atoms with Crippen molar-refractivity contribution < 1.29 is 13.7 Å². The van der Waals surface area contributed by atoms with Crippen LogP contribution in [0.1, 0.15) is 25.2 Å². The molecule has 1 aromatic carbocycles. The van der Waals surface area contributed by atoms with Crippen LogP contribution in [0.5, 0.6) is 0 Å². The van der Waals surface area contributed by atoms with Gasteiger partial charge in [-0.1, -0.05) is 17.3 Å². The highest BCUT2D eigenvalue weighted by Crippen LogP contribution is 2.30. The van der Waals surface area contributed by atoms with Crippen LogP contribution in [0.15, 0.2) is 28.8 Å². The van der Waals surface area contributed by atoms with Gasteiger partial charge in [0.05, 0.1) is 12.1 Å². The second kappa shape index (κ2) is 5.21. The van der Waals surface area contributed by atoms with Crippen LogP contribution in [-0.2, 0) is 17.8 Å². The number of fused-ring (bicyclic) bond motifs is 1. The average Bonchev–Trinajstić information content (AvgIpc) is 2.88. The van der Waals surface area contributed by atoms with Gasteiger partial charge in [0.15, 0.2) is 0 Å². The predicted octanol–water partition coefficient (Wildman–Crippen LogP) is 2.10. The molecule has 5 nitrogen and oxygen atoms in total. The van der Waals surface area contributed by atoms with Crippen molar-refractivity contribution in [2.75, 3.05) is 6.54 Å². The van der Waals surface area contributed by atoms with E-state index in [0.29, 0.717) is 30.8 Å². The Morgan fingerprint density at radius 2 is 2.23 bits per heavy atom. The number of hydrogen-bond donors (Lipinski definition) is 1. The van der Waals surface area contributed by atoms with E-state index in [-0.39, 0.29) is 11.7 Å². The standard InChI is InChI=1S/C16H18FN3O2/c1-16(2,18)15(21)20-7-6-13-12(9-20)14(19-22-13)10-4-3-5-11(17)8-10/h3-5,8H,6-7,9,18H2,1-2H3. The third-order valence-electron chi connectivity index (χ3n) is 3.76. The number of rotatable bonds is 2. The molecule has 1 aromatic heterocycles. The lowest BCUT2D eigenvalue weighted by Gasteiger charge is -2.31. The van der Waals surface area contributed by atoms with Crippen molar-refractivity contribution in [3.8, 4) is 11.3 Å². The van der Waals surface area contributed by atoms with Gasteiger partial charge in [-0.2, -0.15) is 0 Å². The van der Waals surface area contributed by atoms with Crippen molar-refractivity contribution in [3.63, 3.8) is 0 Å². The van der Waals surface area contributed by atoms with Gasteiger partial charge in [-0.15, -0.1) is 0 Å². The number of amides is 1. The summed E-state index contributed by atoms with van der Waals surface area (Å²) in [7, 11) is 0. The van der Waals surface area contributed by atoms with Crippen LogP contribution in [0, 0.1) is 5.82 Å². The summed E-state index contributed by atoms with van der Waals surface area (Å²) in [6, 6.07) is 6.18. The number of nitrogens with two attached hydrogens (primary N) is 1. The maximum Gasteiger partial charge on any atom is 0.242 e. The van der Waals surface area contributed by atoms with E-state index in [1.54, 1.807) is 30.9 Å². The number of hydrogen-bond acceptors (Lipinski definition) is 4. The molecule has 1 amide bonds. The fraction of sp³-hybridized carbons (Fsp3) is 0.375. The minimum Gasteiger partial charge on any atom is -0.360 e. The highest BCUT2D eigenvalue weighted by Gasteiger charge is 2.33. The average molecular weight is 303 g/mol. The molecule has 0 unspecified atom stereocenters. The van der Waals surface area contributed by atoms with Gasteiger partial charge in [0.1, 0.15) is 17.3 Å². The van der Waals surface area contributed by atoms with Gasteiger partial charge in [-0.3, -0.25) is 4.79 Å². The van der Waals surface area contributed by atoms with E-state index < -0.39 is 5.54 Å². The summed E-state index contributed by atoms with van der Waals surface area (Å²) < 4.78 is 18.8. The monoisotopic (exact) mass is 303 g/mol. The lowest BCUT2D eigenvalue weighted by atomic mass is 9.98. The Bertz CT molecular complexity index is 718. The Morgan fingerprint density at radius 3 is 2.91 bits per heavy atom. The number of benzene rings is 1. The molecule has 0 saturated carbocycles. The molecule has 2 heterocycles. The van der Waals surface area contributed by atoms with E-state index in [4.69, 9.17) is 10.3 Å². The summed E-state index contributed by atoms with van der Waals surface area (Å²) >= 11 is 0. The molecule has 2 aromatic rings. The van der Waals surface area contributed by atoms with Crippen LogP contribution in [0.2, 0.25) is 0 Å². The van der Waals surface area contributed by atoms with Crippen LogP contribution < -0.4 is 5.73 Å². The number of carbonyl (C=O) groups excluding carboxylic acids is 1. The van der Waals surface area contributed by atoms with Gasteiger partial charge < -0.3 is 15.2 Å². The van der Waals surface area contributed by atoms with Crippen molar-refractivity contribution in [3.05, 3.63) is 41.4 Å². The SMILES string of the molecule is CC(C)(N)C(=O)N1CCc2onc(-c3cccc(F)c3)c2C1. The first-order valence-electron chi connectivity index (χ1n) is 7.18. The maximum atomic E-state index is 13.4. The van der Waals surface area contributed by atoms with Gasteiger partial charge in [-0.25, -0.2) is 4.39 Å². The molecular formula is C16H18FN3O2. The number of aromatic nitrogens is 1. The van der Waals surface area contributed by atoms with E-state index in [1.807, 2.05) is 0 Å². The highest BCUT2D eigenvalue weighted by molar-refractivity contribution is 5.85. The fourth-order valence-corrected chi connectivity index (χ4v) is 2.65. The lowest BCUT2D eigenvalue weighted by molar-refractivity contribution is -0.136. The van der Waals surface area contributed by atoms with E-state index in [0.717, 1.165) is 11.3 Å². The van der Waals surface area contributed by atoms with Gasteiger partial charge >= 0.3 is 0 Å². The van der Waals surface area contributed by atoms with E-state index >= 15 is 0 Å². The van der Waals surface area contributed by atoms with Gasteiger partial charge in [-0.05, 0) is 26.0 Å². The molecule has 0 aliphatic carbocycles. The van der Waals surface area contributed by atoms with Crippen LogP contribution in [0.25, 0.3) is 11.3 Å².